The van der Waals surface area contributed by atoms with Crippen molar-refractivity contribution in [3.8, 4) is 0 Å². The predicted molar refractivity (Wildman–Crippen MR) is 73.7 cm³/mol. The number of fused-ring (bicyclic) bond motifs is 3. The molecule has 0 radical (unpaired) electrons. The van der Waals surface area contributed by atoms with E-state index in [1.165, 1.54) is 44.9 Å². The van der Waals surface area contributed by atoms with Gasteiger partial charge in [0, 0.05) is 5.57 Å². The Morgan fingerprint density at radius 1 is 0.947 bits per heavy atom. The molecule has 4 fully saturated rings. The lowest BCUT2D eigenvalue weighted by Gasteiger charge is -2.29. The van der Waals surface area contributed by atoms with Gasteiger partial charge in [0.25, 0.3) is 0 Å². The van der Waals surface area contributed by atoms with Crippen molar-refractivity contribution < 1.29 is 9.90 Å². The molecule has 0 bridgehead atoms. The highest BCUT2D eigenvalue weighted by molar-refractivity contribution is 5.86. The summed E-state index contributed by atoms with van der Waals surface area (Å²) >= 11 is 0. The molecule has 4 aliphatic carbocycles. The summed E-state index contributed by atoms with van der Waals surface area (Å²) in [7, 11) is 0. The van der Waals surface area contributed by atoms with Crippen LogP contribution in [0.15, 0.2) is 12.2 Å². The Labute approximate surface area is 115 Å². The summed E-state index contributed by atoms with van der Waals surface area (Å²) in [5, 5.41) is 9.26. The molecule has 2 spiro atoms. The molecule has 4 rings (SSSR count). The van der Waals surface area contributed by atoms with Crippen LogP contribution in [0.2, 0.25) is 0 Å². The summed E-state index contributed by atoms with van der Waals surface area (Å²) in [6, 6.07) is 0. The molecule has 2 unspecified atom stereocenters. The molecule has 0 aromatic carbocycles. The van der Waals surface area contributed by atoms with Gasteiger partial charge in [0.1, 0.15) is 0 Å². The van der Waals surface area contributed by atoms with Crippen LogP contribution in [0.1, 0.15) is 57.8 Å². The first-order chi connectivity index (χ1) is 9.06. The van der Waals surface area contributed by atoms with Gasteiger partial charge in [-0.05, 0) is 86.4 Å². The molecule has 0 saturated heterocycles. The molecule has 0 aliphatic heterocycles. The van der Waals surface area contributed by atoms with Crippen LogP contribution in [0.25, 0.3) is 0 Å². The molecule has 0 amide bonds. The van der Waals surface area contributed by atoms with E-state index >= 15 is 0 Å². The summed E-state index contributed by atoms with van der Waals surface area (Å²) in [6.07, 6.45) is 12.0. The highest BCUT2D eigenvalue weighted by Gasteiger charge is 2.64. The molecule has 19 heavy (non-hydrogen) atoms. The first-order valence-electron chi connectivity index (χ1n) is 7.98. The molecule has 4 aliphatic rings. The average Bonchev–Trinajstić information content (AvgIpc) is 3.26. The average molecular weight is 260 g/mol. The van der Waals surface area contributed by atoms with Crippen LogP contribution in [0.5, 0.6) is 0 Å². The van der Waals surface area contributed by atoms with Crippen molar-refractivity contribution in [1.82, 2.24) is 0 Å². The van der Waals surface area contributed by atoms with Crippen LogP contribution < -0.4 is 0 Å². The Hall–Kier alpha value is -0.790. The van der Waals surface area contributed by atoms with Gasteiger partial charge in [0.05, 0.1) is 0 Å². The number of carbonyl (C=O) groups is 1. The fourth-order valence-corrected chi connectivity index (χ4v) is 5.53. The van der Waals surface area contributed by atoms with Crippen LogP contribution in [0.3, 0.4) is 0 Å². The van der Waals surface area contributed by atoms with Crippen molar-refractivity contribution in [1.29, 1.82) is 0 Å². The summed E-state index contributed by atoms with van der Waals surface area (Å²) in [5.41, 5.74) is 1.76. The molecule has 0 aromatic rings. The molecule has 4 saturated carbocycles. The molecule has 0 aromatic heterocycles. The fraction of sp³-hybridized carbons (Fsp3) is 0.824. The van der Waals surface area contributed by atoms with Gasteiger partial charge in [-0.3, -0.25) is 0 Å². The van der Waals surface area contributed by atoms with Crippen LogP contribution in [-0.2, 0) is 4.79 Å². The minimum Gasteiger partial charge on any atom is -0.478 e. The molecule has 3 atom stereocenters. The second kappa shape index (κ2) is 3.65. The van der Waals surface area contributed by atoms with Crippen molar-refractivity contribution in [2.45, 2.75) is 57.8 Å². The highest BCUT2D eigenvalue weighted by atomic mass is 16.4. The van der Waals surface area contributed by atoms with E-state index in [2.05, 4.69) is 6.58 Å². The fourth-order valence-electron chi connectivity index (χ4n) is 5.53. The van der Waals surface area contributed by atoms with Crippen LogP contribution in [-0.4, -0.2) is 11.1 Å². The number of rotatable bonds is 2. The van der Waals surface area contributed by atoms with Crippen molar-refractivity contribution >= 4 is 5.97 Å². The third-order valence-corrected chi connectivity index (χ3v) is 7.09. The smallest absolute Gasteiger partial charge is 0.331 e. The predicted octanol–water partition coefficient (Wildman–Crippen LogP) is 4.01. The molecule has 1 N–H and O–H groups in total. The molecule has 2 heteroatoms. The summed E-state index contributed by atoms with van der Waals surface area (Å²) < 4.78 is 0. The van der Waals surface area contributed by atoms with E-state index in [1.54, 1.807) is 0 Å². The summed E-state index contributed by atoms with van der Waals surface area (Å²) in [4.78, 5) is 11.3. The zero-order valence-corrected chi connectivity index (χ0v) is 11.7. The minimum atomic E-state index is -0.767. The SMILES string of the molecule is C=C(C(=O)O)[C@@H]1CCC2(CC2)C2CCC3(CC3)C2C1. The summed E-state index contributed by atoms with van der Waals surface area (Å²) in [5.74, 6) is 1.22. The van der Waals surface area contributed by atoms with Gasteiger partial charge in [0.2, 0.25) is 0 Å². The van der Waals surface area contributed by atoms with E-state index < -0.39 is 5.97 Å². The highest BCUT2D eigenvalue weighted by Crippen LogP contribution is 2.74. The lowest BCUT2D eigenvalue weighted by atomic mass is 9.75. The number of aliphatic carboxylic acids is 1. The first-order valence-corrected chi connectivity index (χ1v) is 7.98. The van der Waals surface area contributed by atoms with E-state index in [0.29, 0.717) is 16.4 Å². The number of hydrogen-bond acceptors (Lipinski definition) is 1. The van der Waals surface area contributed by atoms with E-state index in [1.807, 2.05) is 0 Å². The number of carboxylic acid groups (broad SMARTS) is 1. The standard InChI is InChI=1S/C17H24O2/c1-11(15(18)19)12-2-4-16(6-7-16)13-3-5-17(8-9-17)14(13)10-12/h12-14H,1-10H2,(H,18,19)/t12-,13?,14?/m1/s1. The van der Waals surface area contributed by atoms with Crippen LogP contribution in [0.4, 0.5) is 0 Å². The van der Waals surface area contributed by atoms with Crippen molar-refractivity contribution in [3.05, 3.63) is 12.2 Å². The zero-order valence-electron chi connectivity index (χ0n) is 11.7. The Balaban J connectivity index is 1.63. The van der Waals surface area contributed by atoms with Crippen molar-refractivity contribution in [3.63, 3.8) is 0 Å². The monoisotopic (exact) mass is 260 g/mol. The normalized spacial score (nSPS) is 40.7. The minimum absolute atomic E-state index is 0.251. The molecule has 0 heterocycles. The van der Waals surface area contributed by atoms with Gasteiger partial charge in [-0.25, -0.2) is 4.79 Å². The maximum absolute atomic E-state index is 11.3. The quantitative estimate of drug-likeness (QED) is 0.762. The molecular weight excluding hydrogens is 236 g/mol. The second-order valence-electron chi connectivity index (χ2n) is 7.78. The van der Waals surface area contributed by atoms with Gasteiger partial charge >= 0.3 is 5.97 Å². The summed E-state index contributed by atoms with van der Waals surface area (Å²) in [6.45, 7) is 3.87. The van der Waals surface area contributed by atoms with Crippen LogP contribution >= 0.6 is 0 Å². The van der Waals surface area contributed by atoms with Crippen molar-refractivity contribution in [2.24, 2.45) is 28.6 Å². The number of carboxylic acids is 1. The number of hydrogen-bond donors (Lipinski definition) is 1. The third-order valence-electron chi connectivity index (χ3n) is 7.09. The lowest BCUT2D eigenvalue weighted by molar-refractivity contribution is -0.133. The Bertz CT molecular complexity index is 442. The first kappa shape index (κ1) is 12.0. The second-order valence-corrected chi connectivity index (χ2v) is 7.78. The lowest BCUT2D eigenvalue weighted by Crippen LogP contribution is -2.23. The Morgan fingerprint density at radius 3 is 2.11 bits per heavy atom. The van der Waals surface area contributed by atoms with E-state index in [-0.39, 0.29) is 5.92 Å². The van der Waals surface area contributed by atoms with Gasteiger partial charge in [-0.15, -0.1) is 0 Å². The molecule has 2 nitrogen and oxygen atoms in total. The van der Waals surface area contributed by atoms with E-state index in [4.69, 9.17) is 0 Å². The zero-order chi connectivity index (χ0) is 13.3. The van der Waals surface area contributed by atoms with Gasteiger partial charge < -0.3 is 5.11 Å². The molecular formula is C17H24O2. The van der Waals surface area contributed by atoms with Crippen molar-refractivity contribution in [2.75, 3.05) is 0 Å². The van der Waals surface area contributed by atoms with Gasteiger partial charge in [-0.1, -0.05) is 6.58 Å². The van der Waals surface area contributed by atoms with Gasteiger partial charge in [-0.2, -0.15) is 0 Å². The largest absolute Gasteiger partial charge is 0.478 e. The maximum Gasteiger partial charge on any atom is 0.331 e. The molecule has 104 valence electrons. The topological polar surface area (TPSA) is 37.3 Å². The third kappa shape index (κ3) is 1.64. The van der Waals surface area contributed by atoms with Gasteiger partial charge in [0.15, 0.2) is 0 Å². The Morgan fingerprint density at radius 2 is 1.53 bits per heavy atom. The maximum atomic E-state index is 11.3. The Kier molecular flexibility index (Phi) is 2.30. The van der Waals surface area contributed by atoms with Crippen LogP contribution in [0, 0.1) is 28.6 Å². The van der Waals surface area contributed by atoms with E-state index in [9.17, 15) is 9.90 Å². The van der Waals surface area contributed by atoms with E-state index in [0.717, 1.165) is 24.7 Å².